The van der Waals surface area contributed by atoms with Crippen LogP contribution in [0.4, 0.5) is 11.8 Å². The van der Waals surface area contributed by atoms with E-state index < -0.39 is 0 Å². The first-order chi connectivity index (χ1) is 12.8. The number of pyridine rings is 1. The Morgan fingerprint density at radius 3 is 2.46 bits per heavy atom. The number of hydrogen-bond donors (Lipinski definition) is 1. The molecule has 7 heteroatoms. The summed E-state index contributed by atoms with van der Waals surface area (Å²) >= 11 is 0. The van der Waals surface area contributed by atoms with Gasteiger partial charge in [-0.05, 0) is 38.0 Å². The monoisotopic (exact) mass is 347 g/mol. The quantitative estimate of drug-likeness (QED) is 0.777. The van der Waals surface area contributed by atoms with Gasteiger partial charge in [-0.25, -0.2) is 19.9 Å². The van der Waals surface area contributed by atoms with Crippen LogP contribution in [0.25, 0.3) is 11.5 Å². The Balaban J connectivity index is 1.43. The number of nitrogens with one attached hydrogen (secondary N) is 1. The second kappa shape index (κ2) is 7.43. The van der Waals surface area contributed by atoms with Gasteiger partial charge >= 0.3 is 0 Å². The zero-order valence-corrected chi connectivity index (χ0v) is 14.7. The molecule has 1 saturated heterocycles. The van der Waals surface area contributed by atoms with E-state index in [4.69, 9.17) is 0 Å². The van der Waals surface area contributed by atoms with Crippen molar-refractivity contribution in [2.24, 2.45) is 0 Å². The molecule has 0 saturated carbocycles. The summed E-state index contributed by atoms with van der Waals surface area (Å²) in [5.41, 5.74) is 1.72. The molecule has 132 valence electrons. The number of anilines is 2. The predicted molar refractivity (Wildman–Crippen MR) is 101 cm³/mol. The average molecular weight is 347 g/mol. The molecule has 4 heterocycles. The van der Waals surface area contributed by atoms with Crippen LogP contribution in [0.15, 0.2) is 48.9 Å². The van der Waals surface area contributed by atoms with E-state index in [1.54, 1.807) is 18.6 Å². The molecule has 26 heavy (non-hydrogen) atoms. The normalized spacial score (nSPS) is 15.0. The number of aromatic nitrogens is 5. The van der Waals surface area contributed by atoms with E-state index >= 15 is 0 Å². The maximum atomic E-state index is 4.65. The summed E-state index contributed by atoms with van der Waals surface area (Å²) in [6.45, 7) is 3.84. The molecule has 7 nitrogen and oxygen atoms in total. The van der Waals surface area contributed by atoms with Crippen molar-refractivity contribution in [3.63, 3.8) is 0 Å². The van der Waals surface area contributed by atoms with Crippen LogP contribution in [-0.2, 0) is 0 Å². The molecule has 1 fully saturated rings. The van der Waals surface area contributed by atoms with Crippen molar-refractivity contribution in [2.75, 3.05) is 23.3 Å². The zero-order valence-electron chi connectivity index (χ0n) is 14.7. The van der Waals surface area contributed by atoms with E-state index in [-0.39, 0.29) is 0 Å². The van der Waals surface area contributed by atoms with Gasteiger partial charge in [0.2, 0.25) is 5.95 Å². The van der Waals surface area contributed by atoms with Crippen LogP contribution in [0.5, 0.6) is 0 Å². The van der Waals surface area contributed by atoms with E-state index in [9.17, 15) is 0 Å². The Morgan fingerprint density at radius 2 is 1.73 bits per heavy atom. The van der Waals surface area contributed by atoms with Crippen LogP contribution >= 0.6 is 0 Å². The molecule has 0 unspecified atom stereocenters. The van der Waals surface area contributed by atoms with Gasteiger partial charge in [0.15, 0.2) is 5.82 Å². The highest BCUT2D eigenvalue weighted by Crippen LogP contribution is 2.20. The molecule has 0 bridgehead atoms. The van der Waals surface area contributed by atoms with Crippen molar-refractivity contribution in [1.82, 2.24) is 24.9 Å². The third-order valence-corrected chi connectivity index (χ3v) is 4.43. The first-order valence-electron chi connectivity index (χ1n) is 8.83. The van der Waals surface area contributed by atoms with E-state index in [2.05, 4.69) is 35.1 Å². The zero-order chi connectivity index (χ0) is 17.8. The SMILES string of the molecule is Cc1cc(NC2CCN(c3ncccn3)CC2)nc(-c2ccccn2)n1. The molecule has 0 aliphatic carbocycles. The third kappa shape index (κ3) is 3.77. The van der Waals surface area contributed by atoms with E-state index in [0.29, 0.717) is 11.9 Å². The van der Waals surface area contributed by atoms with Crippen LogP contribution in [0.3, 0.4) is 0 Å². The van der Waals surface area contributed by atoms with Crippen LogP contribution in [0.1, 0.15) is 18.5 Å². The Bertz CT molecular complexity index is 846. The maximum absolute atomic E-state index is 4.65. The molecule has 3 aromatic heterocycles. The Hall–Kier alpha value is -3.09. The number of rotatable bonds is 4. The smallest absolute Gasteiger partial charge is 0.225 e. The van der Waals surface area contributed by atoms with Gasteiger partial charge in [-0.15, -0.1) is 0 Å². The third-order valence-electron chi connectivity index (χ3n) is 4.43. The fourth-order valence-corrected chi connectivity index (χ4v) is 3.14. The van der Waals surface area contributed by atoms with Crippen molar-refractivity contribution >= 4 is 11.8 Å². The summed E-state index contributed by atoms with van der Waals surface area (Å²) in [5.74, 6) is 2.32. The fourth-order valence-electron chi connectivity index (χ4n) is 3.14. The van der Waals surface area contributed by atoms with Gasteiger partial charge in [-0.2, -0.15) is 0 Å². The Kier molecular flexibility index (Phi) is 4.68. The summed E-state index contributed by atoms with van der Waals surface area (Å²) in [7, 11) is 0. The lowest BCUT2D eigenvalue weighted by atomic mass is 10.1. The molecular formula is C19H21N7. The molecule has 3 aromatic rings. The molecular weight excluding hydrogens is 326 g/mol. The number of hydrogen-bond acceptors (Lipinski definition) is 7. The minimum atomic E-state index is 0.376. The van der Waals surface area contributed by atoms with Crippen molar-refractivity contribution < 1.29 is 0 Å². The van der Waals surface area contributed by atoms with Crippen molar-refractivity contribution in [3.05, 3.63) is 54.6 Å². The van der Waals surface area contributed by atoms with Gasteiger partial charge in [-0.3, -0.25) is 4.98 Å². The molecule has 0 amide bonds. The van der Waals surface area contributed by atoms with Crippen molar-refractivity contribution in [2.45, 2.75) is 25.8 Å². The second-order valence-corrected chi connectivity index (χ2v) is 6.39. The van der Waals surface area contributed by atoms with E-state index in [0.717, 1.165) is 49.1 Å². The Morgan fingerprint density at radius 1 is 0.962 bits per heavy atom. The van der Waals surface area contributed by atoms with Crippen LogP contribution in [0.2, 0.25) is 0 Å². The first-order valence-corrected chi connectivity index (χ1v) is 8.83. The topological polar surface area (TPSA) is 79.7 Å². The van der Waals surface area contributed by atoms with Gasteiger partial charge in [0.05, 0.1) is 0 Å². The highest BCUT2D eigenvalue weighted by Gasteiger charge is 2.21. The molecule has 1 N–H and O–H groups in total. The fraction of sp³-hybridized carbons (Fsp3) is 0.316. The molecule has 0 atom stereocenters. The summed E-state index contributed by atoms with van der Waals surface area (Å²) < 4.78 is 0. The van der Waals surface area contributed by atoms with Crippen molar-refractivity contribution in [1.29, 1.82) is 0 Å². The predicted octanol–water partition coefficient (Wildman–Crippen LogP) is 2.72. The lowest BCUT2D eigenvalue weighted by Crippen LogP contribution is -2.40. The molecule has 0 spiro atoms. The van der Waals surface area contributed by atoms with Crippen LogP contribution < -0.4 is 10.2 Å². The lowest BCUT2D eigenvalue weighted by Gasteiger charge is -2.32. The van der Waals surface area contributed by atoms with Gasteiger partial charge in [0, 0.05) is 49.5 Å². The Labute approximate surface area is 152 Å². The molecule has 1 aliphatic heterocycles. The first kappa shape index (κ1) is 16.4. The standard InChI is InChI=1S/C19H21N7/c1-14-13-17(25-18(23-14)16-5-2-3-8-20-16)24-15-6-11-26(12-7-15)19-21-9-4-10-22-19/h2-5,8-10,13,15H,6-7,11-12H2,1H3,(H,23,24,25). The van der Waals surface area contributed by atoms with Gasteiger partial charge in [-0.1, -0.05) is 6.07 Å². The second-order valence-electron chi connectivity index (χ2n) is 6.39. The van der Waals surface area contributed by atoms with Crippen LogP contribution in [0, 0.1) is 6.92 Å². The molecule has 0 aromatic carbocycles. The minimum Gasteiger partial charge on any atom is -0.367 e. The highest BCUT2D eigenvalue weighted by molar-refractivity contribution is 5.53. The van der Waals surface area contributed by atoms with E-state index in [1.165, 1.54) is 0 Å². The molecule has 1 aliphatic rings. The summed E-state index contributed by atoms with van der Waals surface area (Å²) in [6, 6.07) is 9.97. The van der Waals surface area contributed by atoms with E-state index in [1.807, 2.05) is 37.3 Å². The number of piperidine rings is 1. The van der Waals surface area contributed by atoms with Gasteiger partial charge < -0.3 is 10.2 Å². The largest absolute Gasteiger partial charge is 0.367 e. The number of aryl methyl sites for hydroxylation is 1. The highest BCUT2D eigenvalue weighted by atomic mass is 15.3. The maximum Gasteiger partial charge on any atom is 0.225 e. The lowest BCUT2D eigenvalue weighted by molar-refractivity contribution is 0.518. The van der Waals surface area contributed by atoms with Crippen molar-refractivity contribution in [3.8, 4) is 11.5 Å². The molecule has 4 rings (SSSR count). The van der Waals surface area contributed by atoms with Crippen LogP contribution in [-0.4, -0.2) is 44.1 Å². The summed E-state index contributed by atoms with van der Waals surface area (Å²) in [4.78, 5) is 24.4. The van der Waals surface area contributed by atoms with Gasteiger partial charge in [0.1, 0.15) is 11.5 Å². The average Bonchev–Trinajstić information content (AvgIpc) is 2.69. The summed E-state index contributed by atoms with van der Waals surface area (Å²) in [5, 5.41) is 3.56. The van der Waals surface area contributed by atoms with Gasteiger partial charge in [0.25, 0.3) is 0 Å². The minimum absolute atomic E-state index is 0.376. The molecule has 0 radical (unpaired) electrons. The summed E-state index contributed by atoms with van der Waals surface area (Å²) in [6.07, 6.45) is 7.36. The number of nitrogens with zero attached hydrogens (tertiary/aromatic N) is 6.